The van der Waals surface area contributed by atoms with Crippen LogP contribution in [0.3, 0.4) is 0 Å². The quantitative estimate of drug-likeness (QED) is 0.277. The van der Waals surface area contributed by atoms with E-state index in [1.54, 1.807) is 12.4 Å². The van der Waals surface area contributed by atoms with Crippen LogP contribution in [0.1, 0.15) is 11.1 Å². The molecule has 156 valence electrons. The van der Waals surface area contributed by atoms with Crippen molar-refractivity contribution in [2.45, 2.75) is 13.0 Å². The lowest BCUT2D eigenvalue weighted by molar-refractivity contribution is -0.133. The van der Waals surface area contributed by atoms with Crippen molar-refractivity contribution in [3.63, 3.8) is 0 Å². The number of rotatable bonds is 6. The molecule has 5 rings (SSSR count). The van der Waals surface area contributed by atoms with Gasteiger partial charge in [-0.2, -0.15) is 0 Å². The molecule has 5 heteroatoms. The molecule has 0 bridgehead atoms. The molecule has 5 nitrogen and oxygen atoms in total. The second kappa shape index (κ2) is 8.86. The van der Waals surface area contributed by atoms with Gasteiger partial charge < -0.3 is 9.30 Å². The van der Waals surface area contributed by atoms with E-state index < -0.39 is 0 Å². The first kappa shape index (κ1) is 19.7. The zero-order valence-corrected chi connectivity index (χ0v) is 17.4. The number of pyridine rings is 1. The molecule has 0 spiro atoms. The number of carbonyl (C=O) groups excluding carboxylic acids is 1. The highest BCUT2D eigenvalue weighted by Gasteiger charge is 2.14. The van der Waals surface area contributed by atoms with Gasteiger partial charge in [0.1, 0.15) is 11.6 Å². The van der Waals surface area contributed by atoms with Crippen molar-refractivity contribution >= 4 is 17.0 Å². The predicted octanol–water partition coefficient (Wildman–Crippen LogP) is 5.29. The minimum absolute atomic E-state index is 0.205. The van der Waals surface area contributed by atoms with Crippen LogP contribution in [0.2, 0.25) is 0 Å². The molecule has 0 radical (unpaired) electrons. The van der Waals surface area contributed by atoms with Crippen LogP contribution in [0.5, 0.6) is 5.75 Å². The molecule has 3 aromatic carbocycles. The topological polar surface area (TPSA) is 57.0 Å². The molecule has 0 unspecified atom stereocenters. The van der Waals surface area contributed by atoms with Crippen LogP contribution in [-0.4, -0.2) is 20.5 Å². The summed E-state index contributed by atoms with van der Waals surface area (Å²) in [6.45, 7) is 0.722. The van der Waals surface area contributed by atoms with E-state index >= 15 is 0 Å². The monoisotopic (exact) mass is 419 g/mol. The number of aromatic nitrogens is 3. The molecule has 2 aromatic heterocycles. The van der Waals surface area contributed by atoms with Gasteiger partial charge in [0.05, 0.1) is 17.5 Å². The summed E-state index contributed by atoms with van der Waals surface area (Å²) in [5, 5.41) is 0. The number of nitrogens with zero attached hydrogens (tertiary/aromatic N) is 3. The van der Waals surface area contributed by atoms with Crippen LogP contribution in [0.4, 0.5) is 0 Å². The van der Waals surface area contributed by atoms with E-state index in [4.69, 9.17) is 9.72 Å². The van der Waals surface area contributed by atoms with Crippen LogP contribution < -0.4 is 4.74 Å². The van der Waals surface area contributed by atoms with Gasteiger partial charge in [0.2, 0.25) is 0 Å². The summed E-state index contributed by atoms with van der Waals surface area (Å²) in [6, 6.07) is 29.6. The first-order chi connectivity index (χ1) is 15.8. The highest BCUT2D eigenvalue weighted by Crippen LogP contribution is 2.27. The van der Waals surface area contributed by atoms with E-state index in [-0.39, 0.29) is 12.4 Å². The molecule has 0 aliphatic rings. The lowest BCUT2D eigenvalue weighted by Gasteiger charge is -2.10. The molecule has 32 heavy (non-hydrogen) atoms. The normalized spacial score (nSPS) is 10.9. The van der Waals surface area contributed by atoms with Gasteiger partial charge in [-0.3, -0.25) is 9.78 Å². The molecule has 5 aromatic rings. The van der Waals surface area contributed by atoms with Gasteiger partial charge in [0.15, 0.2) is 0 Å². The van der Waals surface area contributed by atoms with Crippen LogP contribution in [0, 0.1) is 0 Å². The van der Waals surface area contributed by atoms with Crippen molar-refractivity contribution < 1.29 is 9.53 Å². The predicted molar refractivity (Wildman–Crippen MR) is 124 cm³/mol. The Balaban J connectivity index is 1.40. The van der Waals surface area contributed by atoms with E-state index in [0.717, 1.165) is 34.5 Å². The Morgan fingerprint density at radius 1 is 0.781 bits per heavy atom. The molecule has 0 saturated heterocycles. The zero-order chi connectivity index (χ0) is 21.8. The number of ether oxygens (including phenoxy) is 1. The zero-order valence-electron chi connectivity index (χ0n) is 17.4. The largest absolute Gasteiger partial charge is 0.426 e. The second-order valence-corrected chi connectivity index (χ2v) is 7.53. The number of benzene rings is 3. The molecular weight excluding hydrogens is 398 g/mol. The van der Waals surface area contributed by atoms with Crippen LogP contribution in [0.25, 0.3) is 22.4 Å². The molecular formula is C27H21N3O2. The van der Waals surface area contributed by atoms with Crippen molar-refractivity contribution in [3.8, 4) is 17.1 Å². The first-order valence-electron chi connectivity index (χ1n) is 10.5. The number of carbonyl (C=O) groups is 1. The third kappa shape index (κ3) is 4.27. The molecule has 0 N–H and O–H groups in total. The molecule has 2 heterocycles. The number of esters is 1. The van der Waals surface area contributed by atoms with Crippen LogP contribution >= 0.6 is 0 Å². The smallest absolute Gasteiger partial charge is 0.315 e. The van der Waals surface area contributed by atoms with E-state index in [0.29, 0.717) is 5.75 Å². The highest BCUT2D eigenvalue weighted by atomic mass is 16.5. The summed E-state index contributed by atoms with van der Waals surface area (Å²) in [7, 11) is 0. The fourth-order valence-corrected chi connectivity index (χ4v) is 3.73. The van der Waals surface area contributed by atoms with Gasteiger partial charge in [-0.25, -0.2) is 4.98 Å². The summed E-state index contributed by atoms with van der Waals surface area (Å²) in [5.41, 5.74) is 5.08. The fraction of sp³-hybridized carbons (Fsp3) is 0.0741. The summed E-state index contributed by atoms with van der Waals surface area (Å²) < 4.78 is 7.72. The van der Waals surface area contributed by atoms with Crippen LogP contribution in [-0.2, 0) is 17.8 Å². The molecule has 0 aliphatic heterocycles. The average Bonchev–Trinajstić information content (AvgIpc) is 3.19. The van der Waals surface area contributed by atoms with E-state index in [1.165, 1.54) is 5.56 Å². The van der Waals surface area contributed by atoms with Crippen molar-refractivity contribution in [1.82, 2.24) is 14.5 Å². The molecule has 0 fully saturated rings. The maximum atomic E-state index is 12.3. The van der Waals surface area contributed by atoms with Crippen molar-refractivity contribution in [1.29, 1.82) is 0 Å². The second-order valence-electron chi connectivity index (χ2n) is 7.53. The number of hydrogen-bond donors (Lipinski definition) is 0. The Morgan fingerprint density at radius 3 is 2.28 bits per heavy atom. The maximum Gasteiger partial charge on any atom is 0.315 e. The van der Waals surface area contributed by atoms with Gasteiger partial charge in [0.25, 0.3) is 0 Å². The minimum Gasteiger partial charge on any atom is -0.426 e. The lowest BCUT2D eigenvalue weighted by atomic mass is 10.2. The van der Waals surface area contributed by atoms with E-state index in [1.807, 2.05) is 72.8 Å². The van der Waals surface area contributed by atoms with Crippen molar-refractivity contribution in [2.24, 2.45) is 0 Å². The van der Waals surface area contributed by atoms with E-state index in [9.17, 15) is 4.79 Å². The number of hydrogen-bond acceptors (Lipinski definition) is 4. The summed E-state index contributed by atoms with van der Waals surface area (Å²) in [5.74, 6) is 1.09. The maximum absolute atomic E-state index is 12.3. The molecule has 0 amide bonds. The van der Waals surface area contributed by atoms with Gasteiger partial charge in [-0.05, 0) is 59.7 Å². The summed E-state index contributed by atoms with van der Waals surface area (Å²) in [4.78, 5) is 21.1. The van der Waals surface area contributed by atoms with Gasteiger partial charge >= 0.3 is 5.97 Å². The van der Waals surface area contributed by atoms with Gasteiger partial charge in [0, 0.05) is 24.5 Å². The molecule has 0 aliphatic carbocycles. The number of fused-ring (bicyclic) bond motifs is 1. The Morgan fingerprint density at radius 2 is 1.50 bits per heavy atom. The lowest BCUT2D eigenvalue weighted by Crippen LogP contribution is -2.11. The SMILES string of the molecule is O=C(Cc1ccncc1)Oc1ccc(-c2nc3ccccc3n2Cc2ccccc2)cc1. The van der Waals surface area contributed by atoms with E-state index in [2.05, 4.69) is 27.8 Å². The Kier molecular flexibility index (Phi) is 5.45. The standard InChI is InChI=1S/C27H21N3O2/c31-26(18-20-14-16-28-17-15-20)32-23-12-10-22(11-13-23)27-29-24-8-4-5-9-25(24)30(27)19-21-6-2-1-3-7-21/h1-17H,18-19H2. The molecule has 0 saturated carbocycles. The van der Waals surface area contributed by atoms with Gasteiger partial charge in [-0.15, -0.1) is 0 Å². The minimum atomic E-state index is -0.305. The third-order valence-electron chi connectivity index (χ3n) is 5.28. The van der Waals surface area contributed by atoms with Crippen molar-refractivity contribution in [2.75, 3.05) is 0 Å². The molecule has 0 atom stereocenters. The third-order valence-corrected chi connectivity index (χ3v) is 5.28. The summed E-state index contributed by atoms with van der Waals surface area (Å²) in [6.07, 6.45) is 3.54. The van der Waals surface area contributed by atoms with Gasteiger partial charge in [-0.1, -0.05) is 42.5 Å². The van der Waals surface area contributed by atoms with Crippen LogP contribution in [0.15, 0.2) is 103 Å². The fourth-order valence-electron chi connectivity index (χ4n) is 3.73. The number of para-hydroxylation sites is 2. The number of imidazole rings is 1. The highest BCUT2D eigenvalue weighted by molar-refractivity contribution is 5.81. The Labute approximate surface area is 186 Å². The average molecular weight is 419 g/mol. The summed E-state index contributed by atoms with van der Waals surface area (Å²) >= 11 is 0. The first-order valence-corrected chi connectivity index (χ1v) is 10.5. The Hall–Kier alpha value is -4.25. The Bertz CT molecular complexity index is 1340. The van der Waals surface area contributed by atoms with Crippen molar-refractivity contribution in [3.05, 3.63) is 115 Å².